The van der Waals surface area contributed by atoms with Crippen LogP contribution in [0.3, 0.4) is 0 Å². The summed E-state index contributed by atoms with van der Waals surface area (Å²) in [5.74, 6) is 0.829. The van der Waals surface area contributed by atoms with Crippen LogP contribution in [0.4, 0.5) is 4.39 Å². The zero-order valence-corrected chi connectivity index (χ0v) is 9.92. The first kappa shape index (κ1) is 11.2. The number of ether oxygens (including phenoxy) is 2. The van der Waals surface area contributed by atoms with E-state index in [1.807, 2.05) is 20.8 Å². The molecule has 0 bridgehead atoms. The molecule has 1 aliphatic rings. The SMILES string of the molecule is CC(C)(C)Oc1ccc(F)cc1OC1CC1. The molecule has 0 heterocycles. The Bertz CT molecular complexity index is 378. The van der Waals surface area contributed by atoms with E-state index in [-0.39, 0.29) is 17.5 Å². The maximum Gasteiger partial charge on any atom is 0.164 e. The van der Waals surface area contributed by atoms with Gasteiger partial charge in [0.25, 0.3) is 0 Å². The monoisotopic (exact) mass is 224 g/mol. The smallest absolute Gasteiger partial charge is 0.164 e. The highest BCUT2D eigenvalue weighted by Gasteiger charge is 2.26. The van der Waals surface area contributed by atoms with Gasteiger partial charge in [-0.1, -0.05) is 0 Å². The number of hydrogen-bond acceptors (Lipinski definition) is 2. The Hall–Kier alpha value is -1.25. The first-order valence-electron chi connectivity index (χ1n) is 5.59. The van der Waals surface area contributed by atoms with E-state index in [9.17, 15) is 4.39 Å². The molecule has 88 valence electrons. The van der Waals surface area contributed by atoms with Crippen molar-refractivity contribution in [3.63, 3.8) is 0 Å². The molecule has 0 spiro atoms. The highest BCUT2D eigenvalue weighted by atomic mass is 19.1. The second-order valence-electron chi connectivity index (χ2n) is 5.12. The van der Waals surface area contributed by atoms with Gasteiger partial charge in [0.1, 0.15) is 11.4 Å². The molecule has 2 nitrogen and oxygen atoms in total. The van der Waals surface area contributed by atoms with Gasteiger partial charge in [-0.25, -0.2) is 4.39 Å². The highest BCUT2D eigenvalue weighted by molar-refractivity contribution is 5.40. The molecule has 16 heavy (non-hydrogen) atoms. The fraction of sp³-hybridized carbons (Fsp3) is 0.538. The maximum atomic E-state index is 13.1. The van der Waals surface area contributed by atoms with Crippen LogP contribution in [0, 0.1) is 5.82 Å². The lowest BCUT2D eigenvalue weighted by Crippen LogP contribution is -2.23. The summed E-state index contributed by atoms with van der Waals surface area (Å²) in [6.07, 6.45) is 2.33. The molecule has 0 atom stereocenters. The first-order valence-corrected chi connectivity index (χ1v) is 5.59. The van der Waals surface area contributed by atoms with Crippen LogP contribution in [0.15, 0.2) is 18.2 Å². The fourth-order valence-electron chi connectivity index (χ4n) is 1.35. The molecule has 1 aromatic rings. The third kappa shape index (κ3) is 3.12. The van der Waals surface area contributed by atoms with Crippen LogP contribution in [0.2, 0.25) is 0 Å². The van der Waals surface area contributed by atoms with E-state index >= 15 is 0 Å². The third-order valence-electron chi connectivity index (χ3n) is 2.14. The molecule has 2 rings (SSSR count). The van der Waals surface area contributed by atoms with Crippen LogP contribution in [0.1, 0.15) is 33.6 Å². The molecule has 0 N–H and O–H groups in total. The van der Waals surface area contributed by atoms with E-state index in [1.165, 1.54) is 12.1 Å². The Morgan fingerprint density at radius 3 is 2.44 bits per heavy atom. The van der Waals surface area contributed by atoms with Crippen molar-refractivity contribution in [1.82, 2.24) is 0 Å². The van der Waals surface area contributed by atoms with Gasteiger partial charge in [-0.05, 0) is 45.7 Å². The van der Waals surface area contributed by atoms with Gasteiger partial charge in [0.15, 0.2) is 11.5 Å². The Morgan fingerprint density at radius 1 is 1.19 bits per heavy atom. The minimum Gasteiger partial charge on any atom is -0.486 e. The number of hydrogen-bond donors (Lipinski definition) is 0. The predicted molar refractivity (Wildman–Crippen MR) is 60.4 cm³/mol. The van der Waals surface area contributed by atoms with Gasteiger partial charge in [-0.15, -0.1) is 0 Å². The Morgan fingerprint density at radius 2 is 1.88 bits per heavy atom. The van der Waals surface area contributed by atoms with Crippen LogP contribution in [0.25, 0.3) is 0 Å². The minimum absolute atomic E-state index is 0.240. The minimum atomic E-state index is -0.306. The highest BCUT2D eigenvalue weighted by Crippen LogP contribution is 2.35. The molecule has 3 heteroatoms. The second-order valence-corrected chi connectivity index (χ2v) is 5.12. The molecule has 1 aliphatic carbocycles. The molecule has 0 unspecified atom stereocenters. The third-order valence-corrected chi connectivity index (χ3v) is 2.14. The van der Waals surface area contributed by atoms with Crippen molar-refractivity contribution in [3.8, 4) is 11.5 Å². The number of halogens is 1. The summed E-state index contributed by atoms with van der Waals surface area (Å²) in [6, 6.07) is 4.40. The van der Waals surface area contributed by atoms with Gasteiger partial charge in [-0.3, -0.25) is 0 Å². The normalized spacial score (nSPS) is 16.0. The first-order chi connectivity index (χ1) is 7.44. The van der Waals surface area contributed by atoms with Crippen LogP contribution >= 0.6 is 0 Å². The lowest BCUT2D eigenvalue weighted by Gasteiger charge is -2.23. The van der Waals surface area contributed by atoms with Crippen LogP contribution < -0.4 is 9.47 Å². The van der Waals surface area contributed by atoms with Gasteiger partial charge in [0.2, 0.25) is 0 Å². The number of benzene rings is 1. The van der Waals surface area contributed by atoms with Gasteiger partial charge in [0, 0.05) is 6.07 Å². The van der Waals surface area contributed by atoms with E-state index < -0.39 is 0 Å². The molecule has 1 saturated carbocycles. The molecule has 1 fully saturated rings. The summed E-state index contributed by atoms with van der Waals surface area (Å²) >= 11 is 0. The van der Waals surface area contributed by atoms with Gasteiger partial charge in [0.05, 0.1) is 6.10 Å². The van der Waals surface area contributed by atoms with Crippen molar-refractivity contribution < 1.29 is 13.9 Å². The summed E-state index contributed by atoms with van der Waals surface area (Å²) < 4.78 is 24.5. The quantitative estimate of drug-likeness (QED) is 0.781. The molecule has 0 saturated heterocycles. The molecule has 0 amide bonds. The van der Waals surface area contributed by atoms with E-state index in [0.29, 0.717) is 11.5 Å². The lowest BCUT2D eigenvalue weighted by molar-refractivity contribution is 0.122. The molecular weight excluding hydrogens is 207 g/mol. The van der Waals surface area contributed by atoms with Gasteiger partial charge < -0.3 is 9.47 Å². The van der Waals surface area contributed by atoms with E-state index in [0.717, 1.165) is 12.8 Å². The average molecular weight is 224 g/mol. The van der Waals surface area contributed by atoms with Crippen molar-refractivity contribution in [2.24, 2.45) is 0 Å². The van der Waals surface area contributed by atoms with Crippen molar-refractivity contribution in [2.45, 2.75) is 45.3 Å². The topological polar surface area (TPSA) is 18.5 Å². The van der Waals surface area contributed by atoms with Crippen LogP contribution in [-0.2, 0) is 0 Å². The Labute approximate surface area is 95.4 Å². The second kappa shape index (κ2) is 3.96. The summed E-state index contributed by atoms with van der Waals surface area (Å²) in [5, 5.41) is 0. The summed E-state index contributed by atoms with van der Waals surface area (Å²) in [6.45, 7) is 5.87. The van der Waals surface area contributed by atoms with Crippen molar-refractivity contribution >= 4 is 0 Å². The summed E-state index contributed by atoms with van der Waals surface area (Å²) in [4.78, 5) is 0. The van der Waals surface area contributed by atoms with Crippen molar-refractivity contribution in [3.05, 3.63) is 24.0 Å². The van der Waals surface area contributed by atoms with Crippen molar-refractivity contribution in [1.29, 1.82) is 0 Å². The van der Waals surface area contributed by atoms with Crippen LogP contribution in [-0.4, -0.2) is 11.7 Å². The Balaban J connectivity index is 2.20. The van der Waals surface area contributed by atoms with Crippen LogP contribution in [0.5, 0.6) is 11.5 Å². The standard InChI is InChI=1S/C13H17FO2/c1-13(2,3)16-11-7-4-9(14)8-12(11)15-10-5-6-10/h4,7-8,10H,5-6H2,1-3H3. The van der Waals surface area contributed by atoms with E-state index in [4.69, 9.17) is 9.47 Å². The van der Waals surface area contributed by atoms with E-state index in [1.54, 1.807) is 6.07 Å². The molecule has 0 radical (unpaired) electrons. The fourth-order valence-corrected chi connectivity index (χ4v) is 1.35. The summed E-state index contributed by atoms with van der Waals surface area (Å²) in [7, 11) is 0. The largest absolute Gasteiger partial charge is 0.486 e. The Kier molecular flexibility index (Phi) is 2.78. The molecular formula is C13H17FO2. The molecule has 0 aliphatic heterocycles. The summed E-state index contributed by atoms with van der Waals surface area (Å²) in [5.41, 5.74) is -0.306. The van der Waals surface area contributed by atoms with E-state index in [2.05, 4.69) is 0 Å². The predicted octanol–water partition coefficient (Wildman–Crippen LogP) is 3.54. The van der Waals surface area contributed by atoms with Gasteiger partial charge in [-0.2, -0.15) is 0 Å². The maximum absolute atomic E-state index is 13.1. The van der Waals surface area contributed by atoms with Gasteiger partial charge >= 0.3 is 0 Å². The zero-order chi connectivity index (χ0) is 11.8. The lowest BCUT2D eigenvalue weighted by atomic mass is 10.2. The number of rotatable bonds is 3. The average Bonchev–Trinajstić information content (AvgIpc) is 2.91. The molecule has 0 aromatic heterocycles. The zero-order valence-electron chi connectivity index (χ0n) is 9.92. The van der Waals surface area contributed by atoms with Crippen molar-refractivity contribution in [2.75, 3.05) is 0 Å². The molecule has 1 aromatic carbocycles.